The van der Waals surface area contributed by atoms with E-state index in [0.717, 1.165) is 23.5 Å². The zero-order chi connectivity index (χ0) is 14.1. The van der Waals surface area contributed by atoms with E-state index in [2.05, 4.69) is 50.2 Å². The number of hydrogen-bond donors (Lipinski definition) is 1. The fourth-order valence-electron chi connectivity index (χ4n) is 1.67. The van der Waals surface area contributed by atoms with Gasteiger partial charge < -0.3 is 15.0 Å². The van der Waals surface area contributed by atoms with E-state index in [1.807, 2.05) is 19.2 Å². The molecule has 0 atom stereocenters. The molecule has 4 nitrogen and oxygen atoms in total. The zero-order valence-electron chi connectivity index (χ0n) is 11.8. The van der Waals surface area contributed by atoms with Crippen LogP contribution in [-0.2, 0) is 11.3 Å². The van der Waals surface area contributed by atoms with Gasteiger partial charge in [0.2, 0.25) is 0 Å². The molecule has 0 unspecified atom stereocenters. The van der Waals surface area contributed by atoms with Crippen LogP contribution in [0.5, 0.6) is 0 Å². The van der Waals surface area contributed by atoms with Crippen molar-refractivity contribution in [3.63, 3.8) is 0 Å². The zero-order valence-corrected chi connectivity index (χ0v) is 13.4. The molecular formula is C14H22BrN3O. The van der Waals surface area contributed by atoms with Crippen molar-refractivity contribution in [3.8, 4) is 0 Å². The average molecular weight is 328 g/mol. The molecule has 1 rings (SSSR count). The Morgan fingerprint density at radius 1 is 1.42 bits per heavy atom. The van der Waals surface area contributed by atoms with E-state index < -0.39 is 0 Å². The third-order valence-electron chi connectivity index (χ3n) is 2.62. The fraction of sp³-hybridized carbons (Fsp3) is 0.500. The van der Waals surface area contributed by atoms with Crippen molar-refractivity contribution in [1.82, 2.24) is 10.2 Å². The minimum absolute atomic E-state index is 0.637. The molecule has 0 aromatic heterocycles. The SMILES string of the molecule is CCNC(=NCCOC)N(C)Cc1ccccc1Br. The van der Waals surface area contributed by atoms with Gasteiger partial charge in [-0.15, -0.1) is 0 Å². The van der Waals surface area contributed by atoms with Crippen molar-refractivity contribution >= 4 is 21.9 Å². The normalized spacial score (nSPS) is 11.5. The summed E-state index contributed by atoms with van der Waals surface area (Å²) in [6.07, 6.45) is 0. The highest BCUT2D eigenvalue weighted by atomic mass is 79.9. The molecule has 0 saturated heterocycles. The highest BCUT2D eigenvalue weighted by Crippen LogP contribution is 2.17. The first-order valence-electron chi connectivity index (χ1n) is 6.40. The van der Waals surface area contributed by atoms with Gasteiger partial charge >= 0.3 is 0 Å². The monoisotopic (exact) mass is 327 g/mol. The molecule has 0 amide bonds. The molecule has 0 saturated carbocycles. The van der Waals surface area contributed by atoms with Crippen molar-refractivity contribution in [2.45, 2.75) is 13.5 Å². The van der Waals surface area contributed by atoms with Crippen LogP contribution in [0.15, 0.2) is 33.7 Å². The van der Waals surface area contributed by atoms with E-state index in [1.165, 1.54) is 5.56 Å². The van der Waals surface area contributed by atoms with E-state index >= 15 is 0 Å². The Balaban J connectivity index is 2.68. The Morgan fingerprint density at radius 3 is 2.79 bits per heavy atom. The maximum absolute atomic E-state index is 5.03. The summed E-state index contributed by atoms with van der Waals surface area (Å²) < 4.78 is 6.15. The summed E-state index contributed by atoms with van der Waals surface area (Å²) in [6.45, 7) is 5.03. The van der Waals surface area contributed by atoms with E-state index in [9.17, 15) is 0 Å². The highest BCUT2D eigenvalue weighted by molar-refractivity contribution is 9.10. The number of aliphatic imine (C=N–C) groups is 1. The number of guanidine groups is 1. The summed E-state index contributed by atoms with van der Waals surface area (Å²) in [4.78, 5) is 6.63. The molecule has 0 aliphatic rings. The molecule has 19 heavy (non-hydrogen) atoms. The second kappa shape index (κ2) is 8.93. The molecule has 0 aliphatic heterocycles. The molecule has 0 bridgehead atoms. The van der Waals surface area contributed by atoms with Crippen molar-refractivity contribution in [3.05, 3.63) is 34.3 Å². The van der Waals surface area contributed by atoms with Crippen molar-refractivity contribution in [1.29, 1.82) is 0 Å². The Bertz CT molecular complexity index is 409. The lowest BCUT2D eigenvalue weighted by molar-refractivity contribution is 0.207. The minimum atomic E-state index is 0.637. The molecule has 106 valence electrons. The maximum Gasteiger partial charge on any atom is 0.194 e. The molecule has 1 N–H and O–H groups in total. The Labute approximate surface area is 124 Å². The molecule has 1 aromatic rings. The van der Waals surface area contributed by atoms with Gasteiger partial charge in [0.05, 0.1) is 13.2 Å². The average Bonchev–Trinajstić information content (AvgIpc) is 2.40. The summed E-state index contributed by atoms with van der Waals surface area (Å²) in [7, 11) is 3.72. The predicted octanol–water partition coefficient (Wildman–Crippen LogP) is 2.49. The van der Waals surface area contributed by atoms with Gasteiger partial charge in [-0.3, -0.25) is 4.99 Å². The third-order valence-corrected chi connectivity index (χ3v) is 3.39. The number of methoxy groups -OCH3 is 1. The number of benzene rings is 1. The van der Waals surface area contributed by atoms with E-state index in [4.69, 9.17) is 4.74 Å². The van der Waals surface area contributed by atoms with Gasteiger partial charge in [0.15, 0.2) is 5.96 Å². The first-order chi connectivity index (χ1) is 9.19. The lowest BCUT2D eigenvalue weighted by Gasteiger charge is -2.22. The van der Waals surface area contributed by atoms with Crippen LogP contribution in [0.3, 0.4) is 0 Å². The maximum atomic E-state index is 5.03. The molecule has 0 heterocycles. The molecule has 1 aromatic carbocycles. The standard InChI is InChI=1S/C14H22BrN3O/c1-4-16-14(17-9-10-19-3)18(2)11-12-7-5-6-8-13(12)15/h5-8H,4,9-11H2,1-3H3,(H,16,17). The molecule has 0 spiro atoms. The minimum Gasteiger partial charge on any atom is -0.383 e. The predicted molar refractivity (Wildman–Crippen MR) is 83.5 cm³/mol. The van der Waals surface area contributed by atoms with Gasteiger partial charge in [0.1, 0.15) is 0 Å². The van der Waals surface area contributed by atoms with Crippen LogP contribution in [0, 0.1) is 0 Å². The van der Waals surface area contributed by atoms with Crippen LogP contribution >= 0.6 is 15.9 Å². The first kappa shape index (κ1) is 16.0. The molecule has 0 fully saturated rings. The van der Waals surface area contributed by atoms with Gasteiger partial charge in [0.25, 0.3) is 0 Å². The quantitative estimate of drug-likeness (QED) is 0.495. The Morgan fingerprint density at radius 2 is 2.16 bits per heavy atom. The third kappa shape index (κ3) is 5.61. The second-order valence-corrected chi connectivity index (χ2v) is 5.03. The van der Waals surface area contributed by atoms with Crippen LogP contribution in [0.2, 0.25) is 0 Å². The number of nitrogens with zero attached hydrogens (tertiary/aromatic N) is 2. The summed E-state index contributed by atoms with van der Waals surface area (Å²) >= 11 is 3.57. The van der Waals surface area contributed by atoms with Gasteiger partial charge in [-0.1, -0.05) is 34.1 Å². The number of halogens is 1. The number of hydrogen-bond acceptors (Lipinski definition) is 2. The lowest BCUT2D eigenvalue weighted by atomic mass is 10.2. The van der Waals surface area contributed by atoms with Crippen molar-refractivity contribution < 1.29 is 4.74 Å². The Kier molecular flexibility index (Phi) is 7.52. The largest absolute Gasteiger partial charge is 0.383 e. The van der Waals surface area contributed by atoms with Crippen molar-refractivity contribution in [2.24, 2.45) is 4.99 Å². The molecule has 0 radical (unpaired) electrons. The summed E-state index contributed by atoms with van der Waals surface area (Å²) in [5.74, 6) is 0.898. The van der Waals surface area contributed by atoms with Crippen LogP contribution in [0.1, 0.15) is 12.5 Å². The second-order valence-electron chi connectivity index (χ2n) is 4.18. The molecule has 0 aliphatic carbocycles. The highest BCUT2D eigenvalue weighted by Gasteiger charge is 2.07. The van der Waals surface area contributed by atoms with Crippen LogP contribution < -0.4 is 5.32 Å². The molecule has 5 heteroatoms. The van der Waals surface area contributed by atoms with E-state index in [1.54, 1.807) is 7.11 Å². The van der Waals surface area contributed by atoms with Crippen LogP contribution in [0.4, 0.5) is 0 Å². The smallest absolute Gasteiger partial charge is 0.194 e. The Hall–Kier alpha value is -1.07. The van der Waals surface area contributed by atoms with Crippen molar-refractivity contribution in [2.75, 3.05) is 33.9 Å². The van der Waals surface area contributed by atoms with E-state index in [-0.39, 0.29) is 0 Å². The fourth-order valence-corrected chi connectivity index (χ4v) is 2.08. The summed E-state index contributed by atoms with van der Waals surface area (Å²) in [5.41, 5.74) is 1.24. The summed E-state index contributed by atoms with van der Waals surface area (Å²) in [5, 5.41) is 3.29. The van der Waals surface area contributed by atoms with Crippen LogP contribution in [-0.4, -0.2) is 44.7 Å². The summed E-state index contributed by atoms with van der Waals surface area (Å²) in [6, 6.07) is 8.23. The number of ether oxygens (including phenoxy) is 1. The van der Waals surface area contributed by atoms with Crippen LogP contribution in [0.25, 0.3) is 0 Å². The van der Waals surface area contributed by atoms with Gasteiger partial charge in [-0.25, -0.2) is 0 Å². The lowest BCUT2D eigenvalue weighted by Crippen LogP contribution is -2.38. The van der Waals surface area contributed by atoms with E-state index in [0.29, 0.717) is 13.2 Å². The van der Waals surface area contributed by atoms with Gasteiger partial charge in [-0.2, -0.15) is 0 Å². The number of nitrogens with one attached hydrogen (secondary N) is 1. The first-order valence-corrected chi connectivity index (χ1v) is 7.20. The van der Waals surface area contributed by atoms with Gasteiger partial charge in [0, 0.05) is 31.7 Å². The molecular weight excluding hydrogens is 306 g/mol. The van der Waals surface area contributed by atoms with Gasteiger partial charge in [-0.05, 0) is 18.6 Å². The number of rotatable bonds is 6. The topological polar surface area (TPSA) is 36.9 Å².